The Morgan fingerprint density at radius 3 is 2.09 bits per heavy atom. The topological polar surface area (TPSA) is 105 Å². The minimum absolute atomic E-state index is 0.148. The Kier molecular flexibility index (Phi) is 9.99. The molecule has 0 radical (unpaired) electrons. The van der Waals surface area contributed by atoms with Gasteiger partial charge in [-0.25, -0.2) is 22.7 Å². The maximum atomic E-state index is 13.7. The van der Waals surface area contributed by atoms with Crippen LogP contribution >= 0.6 is 0 Å². The van der Waals surface area contributed by atoms with Crippen LogP contribution in [-0.4, -0.2) is 46.5 Å². The number of carbonyl (C=O) groups is 1. The predicted octanol–water partition coefficient (Wildman–Crippen LogP) is 3.90. The molecule has 3 aromatic rings. The number of nitrogens with two attached hydrogens (primary N) is 1. The highest BCUT2D eigenvalue weighted by atomic mass is 32.2. The van der Waals surface area contributed by atoms with Crippen molar-refractivity contribution in [2.24, 2.45) is 5.14 Å². The Morgan fingerprint density at radius 2 is 1.55 bits per heavy atom. The van der Waals surface area contributed by atoms with Gasteiger partial charge < -0.3 is 15.5 Å². The van der Waals surface area contributed by atoms with Crippen molar-refractivity contribution in [2.75, 3.05) is 32.5 Å². The third-order valence-corrected chi connectivity index (χ3v) is 5.40. The average Bonchev–Trinajstić information content (AvgIpc) is 2.78. The van der Waals surface area contributed by atoms with Gasteiger partial charge in [0.1, 0.15) is 5.82 Å². The van der Waals surface area contributed by atoms with Crippen LogP contribution in [0.25, 0.3) is 11.1 Å². The molecular formula is C24H29FN4O3S. The van der Waals surface area contributed by atoms with E-state index in [0.29, 0.717) is 17.8 Å². The quantitative estimate of drug-likeness (QED) is 0.454. The summed E-state index contributed by atoms with van der Waals surface area (Å²) in [6.45, 7) is 1.55. The number of hydrogen-bond donors (Lipinski definition) is 3. The van der Waals surface area contributed by atoms with Crippen LogP contribution in [0.2, 0.25) is 0 Å². The van der Waals surface area contributed by atoms with E-state index in [2.05, 4.69) is 15.5 Å². The van der Waals surface area contributed by atoms with E-state index in [0.717, 1.165) is 18.5 Å². The van der Waals surface area contributed by atoms with Crippen molar-refractivity contribution in [2.45, 2.75) is 11.3 Å². The van der Waals surface area contributed by atoms with Crippen molar-refractivity contribution in [3.05, 3.63) is 84.7 Å². The molecule has 0 aromatic heterocycles. The van der Waals surface area contributed by atoms with E-state index in [1.54, 1.807) is 60.7 Å². The Bertz CT molecular complexity index is 1120. The lowest BCUT2D eigenvalue weighted by atomic mass is 10.1. The molecule has 0 atom stereocenters. The normalized spacial score (nSPS) is 10.8. The van der Waals surface area contributed by atoms with Crippen molar-refractivity contribution < 1.29 is 17.6 Å². The predicted molar refractivity (Wildman–Crippen MR) is 130 cm³/mol. The van der Waals surface area contributed by atoms with E-state index >= 15 is 0 Å². The van der Waals surface area contributed by atoms with E-state index in [1.807, 2.05) is 14.1 Å². The lowest BCUT2D eigenvalue weighted by molar-refractivity contribution is 0.251. The van der Waals surface area contributed by atoms with Gasteiger partial charge in [0.25, 0.3) is 0 Å². The molecule has 0 saturated carbocycles. The molecule has 33 heavy (non-hydrogen) atoms. The second-order valence-corrected chi connectivity index (χ2v) is 9.01. The number of rotatable bonds is 7. The first-order valence-corrected chi connectivity index (χ1v) is 11.8. The van der Waals surface area contributed by atoms with Gasteiger partial charge in [-0.2, -0.15) is 0 Å². The van der Waals surface area contributed by atoms with Gasteiger partial charge in [-0.05, 0) is 63.0 Å². The van der Waals surface area contributed by atoms with Gasteiger partial charge in [0.2, 0.25) is 10.0 Å². The van der Waals surface area contributed by atoms with Crippen LogP contribution in [0.15, 0.2) is 83.8 Å². The molecule has 0 fully saturated rings. The van der Waals surface area contributed by atoms with Gasteiger partial charge in [-0.15, -0.1) is 0 Å². The van der Waals surface area contributed by atoms with Crippen LogP contribution in [0.3, 0.4) is 0 Å². The molecule has 3 aromatic carbocycles. The molecule has 3 rings (SSSR count). The average molecular weight is 473 g/mol. The fraction of sp³-hybridized carbons (Fsp3) is 0.208. The Hall–Kier alpha value is -3.27. The van der Waals surface area contributed by atoms with Gasteiger partial charge in [-0.1, -0.05) is 48.5 Å². The third kappa shape index (κ3) is 9.40. The standard InChI is InChI=1S/C18H22FN3O.C6H7NO2S/c1-22(2)13-5-12-20-18(23)21-15-10-8-14(9-11-15)16-6-3-4-7-17(16)19;7-10(8,9)6-4-2-1-3-5-6/h3-4,6-11H,5,12-13H2,1-2H3,(H2,20,21,23);1-5H,(H2,7,8,9). The Balaban J connectivity index is 0.000000321. The summed E-state index contributed by atoms with van der Waals surface area (Å²) in [4.78, 5) is 14.0. The third-order valence-electron chi connectivity index (χ3n) is 4.47. The van der Waals surface area contributed by atoms with Crippen molar-refractivity contribution in [3.63, 3.8) is 0 Å². The number of sulfonamides is 1. The van der Waals surface area contributed by atoms with Crippen molar-refractivity contribution in [3.8, 4) is 11.1 Å². The van der Waals surface area contributed by atoms with E-state index in [1.165, 1.54) is 18.2 Å². The molecule has 0 aliphatic rings. The van der Waals surface area contributed by atoms with E-state index in [-0.39, 0.29) is 16.7 Å². The molecule has 0 aliphatic heterocycles. The largest absolute Gasteiger partial charge is 0.338 e. The lowest BCUT2D eigenvalue weighted by Gasteiger charge is -2.11. The number of hydrogen-bond acceptors (Lipinski definition) is 4. The van der Waals surface area contributed by atoms with Crippen LogP contribution < -0.4 is 15.8 Å². The summed E-state index contributed by atoms with van der Waals surface area (Å²) in [5.41, 5.74) is 2.00. The number of nitrogens with zero attached hydrogens (tertiary/aromatic N) is 1. The lowest BCUT2D eigenvalue weighted by Crippen LogP contribution is -2.31. The minimum Gasteiger partial charge on any atom is -0.338 e. The highest BCUT2D eigenvalue weighted by Crippen LogP contribution is 2.23. The zero-order valence-corrected chi connectivity index (χ0v) is 19.5. The number of primary sulfonamides is 1. The van der Waals surface area contributed by atoms with Crippen molar-refractivity contribution in [1.29, 1.82) is 0 Å². The number of benzene rings is 3. The van der Waals surface area contributed by atoms with Crippen LogP contribution in [0, 0.1) is 5.82 Å². The SMILES string of the molecule is CN(C)CCCNC(=O)Nc1ccc(-c2ccccc2F)cc1.NS(=O)(=O)c1ccccc1. The van der Waals surface area contributed by atoms with Crippen molar-refractivity contribution >= 4 is 21.7 Å². The monoisotopic (exact) mass is 472 g/mol. The number of urea groups is 1. The zero-order valence-electron chi connectivity index (χ0n) is 18.7. The summed E-state index contributed by atoms with van der Waals surface area (Å²) < 4.78 is 35.0. The summed E-state index contributed by atoms with van der Waals surface area (Å²) in [6, 6.07) is 21.4. The molecule has 7 nitrogen and oxygen atoms in total. The smallest absolute Gasteiger partial charge is 0.319 e. The van der Waals surface area contributed by atoms with E-state index in [4.69, 9.17) is 5.14 Å². The molecule has 9 heteroatoms. The molecule has 0 spiro atoms. The molecule has 0 aliphatic carbocycles. The Labute approximate surface area is 194 Å². The summed E-state index contributed by atoms with van der Waals surface area (Å²) >= 11 is 0. The van der Waals surface area contributed by atoms with Gasteiger partial charge >= 0.3 is 6.03 Å². The molecule has 2 amide bonds. The van der Waals surface area contributed by atoms with Crippen LogP contribution in [0.4, 0.5) is 14.9 Å². The maximum absolute atomic E-state index is 13.7. The molecule has 4 N–H and O–H groups in total. The highest BCUT2D eigenvalue weighted by molar-refractivity contribution is 7.89. The summed E-state index contributed by atoms with van der Waals surface area (Å²) in [5.74, 6) is -0.258. The molecule has 0 unspecified atom stereocenters. The second kappa shape index (κ2) is 12.7. The number of nitrogens with one attached hydrogen (secondary N) is 2. The van der Waals surface area contributed by atoms with Crippen LogP contribution in [-0.2, 0) is 10.0 Å². The van der Waals surface area contributed by atoms with Crippen molar-refractivity contribution in [1.82, 2.24) is 10.2 Å². The van der Waals surface area contributed by atoms with Gasteiger partial charge in [0, 0.05) is 17.8 Å². The first-order valence-electron chi connectivity index (χ1n) is 10.3. The van der Waals surface area contributed by atoms with Crippen LogP contribution in [0.1, 0.15) is 6.42 Å². The molecule has 0 bridgehead atoms. The summed E-state index contributed by atoms with van der Waals surface area (Å²) in [6.07, 6.45) is 0.895. The fourth-order valence-corrected chi connectivity index (χ4v) is 3.35. The zero-order chi connectivity index (χ0) is 24.3. The van der Waals surface area contributed by atoms with Crippen LogP contribution in [0.5, 0.6) is 0 Å². The highest BCUT2D eigenvalue weighted by Gasteiger charge is 2.06. The maximum Gasteiger partial charge on any atom is 0.319 e. The van der Waals surface area contributed by atoms with Gasteiger partial charge in [0.15, 0.2) is 0 Å². The number of carbonyl (C=O) groups excluding carboxylic acids is 1. The number of amides is 2. The summed E-state index contributed by atoms with van der Waals surface area (Å²) in [5, 5.41) is 10.4. The first kappa shape index (κ1) is 26.0. The fourth-order valence-electron chi connectivity index (χ4n) is 2.81. The van der Waals surface area contributed by atoms with Gasteiger partial charge in [-0.3, -0.25) is 0 Å². The Morgan fingerprint density at radius 1 is 0.939 bits per heavy atom. The second-order valence-electron chi connectivity index (χ2n) is 7.45. The summed E-state index contributed by atoms with van der Waals surface area (Å²) in [7, 11) is 0.492. The molecule has 0 heterocycles. The number of anilines is 1. The number of halogens is 1. The molecule has 176 valence electrons. The first-order chi connectivity index (χ1) is 15.7. The van der Waals surface area contributed by atoms with E-state index < -0.39 is 10.0 Å². The molecule has 0 saturated heterocycles. The van der Waals surface area contributed by atoms with E-state index in [9.17, 15) is 17.6 Å². The minimum atomic E-state index is -3.50. The molecular weight excluding hydrogens is 443 g/mol. The van der Waals surface area contributed by atoms with Gasteiger partial charge in [0.05, 0.1) is 4.90 Å².